The number of hydrogen-bond acceptors (Lipinski definition) is 3. The number of ether oxygens (including phenoxy) is 1. The van der Waals surface area contributed by atoms with Crippen molar-refractivity contribution in [2.45, 2.75) is 32.2 Å². The Morgan fingerprint density at radius 2 is 1.85 bits per heavy atom. The van der Waals surface area contributed by atoms with Crippen LogP contribution in [0.1, 0.15) is 37.0 Å². The van der Waals surface area contributed by atoms with Crippen molar-refractivity contribution < 1.29 is 19.4 Å². The molecule has 0 radical (unpaired) electrons. The Hall–Kier alpha value is -2.04. The van der Waals surface area contributed by atoms with Gasteiger partial charge in [-0.05, 0) is 51.0 Å². The van der Waals surface area contributed by atoms with E-state index in [0.29, 0.717) is 37.3 Å². The van der Waals surface area contributed by atoms with Crippen LogP contribution in [-0.2, 0) is 4.79 Å². The highest BCUT2D eigenvalue weighted by Gasteiger charge is 2.56. The molecule has 0 aromatic heterocycles. The van der Waals surface area contributed by atoms with Crippen LogP contribution in [0.2, 0.25) is 0 Å². The van der Waals surface area contributed by atoms with Crippen LogP contribution in [0.5, 0.6) is 5.75 Å². The van der Waals surface area contributed by atoms with Crippen molar-refractivity contribution in [1.82, 2.24) is 4.90 Å². The normalized spacial score (nSPS) is 15.5. The minimum Gasteiger partial charge on any atom is -0.494 e. The first-order valence-electron chi connectivity index (χ1n) is 6.83. The molecule has 0 atom stereocenters. The van der Waals surface area contributed by atoms with Crippen LogP contribution in [0.3, 0.4) is 0 Å². The van der Waals surface area contributed by atoms with E-state index in [-0.39, 0.29) is 5.91 Å². The maximum absolute atomic E-state index is 12.5. The molecule has 1 aliphatic carbocycles. The zero-order valence-electron chi connectivity index (χ0n) is 11.8. The third kappa shape index (κ3) is 2.48. The van der Waals surface area contributed by atoms with Gasteiger partial charge in [0.25, 0.3) is 5.91 Å². The Bertz CT molecular complexity index is 505. The molecule has 1 aromatic rings. The molecule has 5 nitrogen and oxygen atoms in total. The van der Waals surface area contributed by atoms with E-state index >= 15 is 0 Å². The van der Waals surface area contributed by atoms with Crippen LogP contribution in [0.15, 0.2) is 24.3 Å². The first-order valence-corrected chi connectivity index (χ1v) is 6.83. The second-order valence-corrected chi connectivity index (χ2v) is 4.84. The molecule has 0 heterocycles. The van der Waals surface area contributed by atoms with Crippen molar-refractivity contribution in [2.75, 3.05) is 13.2 Å². The monoisotopic (exact) mass is 277 g/mol. The number of benzene rings is 1. The number of rotatable bonds is 6. The summed E-state index contributed by atoms with van der Waals surface area (Å²) in [6, 6.07) is 6.80. The molecule has 1 amide bonds. The number of carbonyl (C=O) groups excluding carboxylic acids is 1. The van der Waals surface area contributed by atoms with E-state index in [1.807, 2.05) is 6.92 Å². The summed E-state index contributed by atoms with van der Waals surface area (Å²) in [5, 5.41) is 9.30. The number of aliphatic carboxylic acids is 1. The van der Waals surface area contributed by atoms with Crippen molar-refractivity contribution in [3.63, 3.8) is 0 Å². The molecular formula is C15H19NO4. The molecular weight excluding hydrogens is 258 g/mol. The SMILES string of the molecule is CCOc1ccc(C(=O)N(CC)C2(C(=O)O)CC2)cc1. The quantitative estimate of drug-likeness (QED) is 0.865. The van der Waals surface area contributed by atoms with E-state index in [4.69, 9.17) is 4.74 Å². The largest absolute Gasteiger partial charge is 0.494 e. The van der Waals surface area contributed by atoms with Gasteiger partial charge in [-0.1, -0.05) is 0 Å². The molecule has 0 bridgehead atoms. The summed E-state index contributed by atoms with van der Waals surface area (Å²) in [5.41, 5.74) is -0.507. The molecule has 1 aliphatic rings. The Morgan fingerprint density at radius 3 is 2.25 bits per heavy atom. The van der Waals surface area contributed by atoms with Gasteiger partial charge in [-0.3, -0.25) is 4.79 Å². The third-order valence-electron chi connectivity index (χ3n) is 3.61. The number of likely N-dealkylation sites (N-methyl/N-ethyl adjacent to an activating group) is 1. The van der Waals surface area contributed by atoms with Crippen LogP contribution in [0.4, 0.5) is 0 Å². The Morgan fingerprint density at radius 1 is 1.25 bits per heavy atom. The lowest BCUT2D eigenvalue weighted by molar-refractivity contribution is -0.144. The topological polar surface area (TPSA) is 66.8 Å². The molecule has 108 valence electrons. The highest BCUT2D eigenvalue weighted by atomic mass is 16.5. The molecule has 1 saturated carbocycles. The van der Waals surface area contributed by atoms with Gasteiger partial charge in [0, 0.05) is 12.1 Å². The summed E-state index contributed by atoms with van der Waals surface area (Å²) in [4.78, 5) is 25.3. The average Bonchev–Trinajstić information content (AvgIpc) is 3.22. The molecule has 0 unspecified atom stereocenters. The van der Waals surface area contributed by atoms with Crippen LogP contribution in [-0.4, -0.2) is 40.6 Å². The first-order chi connectivity index (χ1) is 9.55. The zero-order chi connectivity index (χ0) is 14.8. The number of carbonyl (C=O) groups is 2. The fourth-order valence-electron chi connectivity index (χ4n) is 2.37. The van der Waals surface area contributed by atoms with Gasteiger partial charge in [0.1, 0.15) is 11.3 Å². The van der Waals surface area contributed by atoms with E-state index in [1.54, 1.807) is 31.2 Å². The van der Waals surface area contributed by atoms with Gasteiger partial charge in [-0.15, -0.1) is 0 Å². The Kier molecular flexibility index (Phi) is 3.97. The lowest BCUT2D eigenvalue weighted by Gasteiger charge is -2.27. The minimum absolute atomic E-state index is 0.240. The van der Waals surface area contributed by atoms with Crippen molar-refractivity contribution in [2.24, 2.45) is 0 Å². The fourth-order valence-corrected chi connectivity index (χ4v) is 2.37. The van der Waals surface area contributed by atoms with Crippen LogP contribution in [0.25, 0.3) is 0 Å². The molecule has 0 aliphatic heterocycles. The van der Waals surface area contributed by atoms with Crippen LogP contribution < -0.4 is 4.74 Å². The zero-order valence-corrected chi connectivity index (χ0v) is 11.8. The Labute approximate surface area is 118 Å². The maximum atomic E-state index is 12.5. The molecule has 0 saturated heterocycles. The van der Waals surface area contributed by atoms with Gasteiger partial charge in [0.15, 0.2) is 0 Å². The molecule has 20 heavy (non-hydrogen) atoms. The van der Waals surface area contributed by atoms with E-state index < -0.39 is 11.5 Å². The van der Waals surface area contributed by atoms with Crippen molar-refractivity contribution in [3.8, 4) is 5.75 Å². The highest BCUT2D eigenvalue weighted by Crippen LogP contribution is 2.42. The standard InChI is InChI=1S/C15H19NO4/c1-3-16(15(9-10-15)14(18)19)13(17)11-5-7-12(8-6-11)20-4-2/h5-8H,3-4,9-10H2,1-2H3,(H,18,19). The molecule has 1 aromatic carbocycles. The second kappa shape index (κ2) is 5.53. The van der Waals surface area contributed by atoms with Crippen LogP contribution in [0, 0.1) is 0 Å². The maximum Gasteiger partial charge on any atom is 0.329 e. The van der Waals surface area contributed by atoms with Gasteiger partial charge in [-0.2, -0.15) is 0 Å². The lowest BCUT2D eigenvalue weighted by Crippen LogP contribution is -2.47. The van der Waals surface area contributed by atoms with Gasteiger partial charge in [0.2, 0.25) is 0 Å². The number of hydrogen-bond donors (Lipinski definition) is 1. The van der Waals surface area contributed by atoms with E-state index in [9.17, 15) is 14.7 Å². The predicted octanol–water partition coefficient (Wildman–Crippen LogP) is 2.16. The minimum atomic E-state index is -0.996. The van der Waals surface area contributed by atoms with E-state index in [1.165, 1.54) is 4.90 Å². The summed E-state index contributed by atoms with van der Waals surface area (Å²) >= 11 is 0. The smallest absolute Gasteiger partial charge is 0.329 e. The number of carboxylic acids is 1. The van der Waals surface area contributed by atoms with E-state index in [0.717, 1.165) is 0 Å². The summed E-state index contributed by atoms with van der Waals surface area (Å²) in [7, 11) is 0. The second-order valence-electron chi connectivity index (χ2n) is 4.84. The summed E-state index contributed by atoms with van der Waals surface area (Å²) in [6.07, 6.45) is 1.05. The van der Waals surface area contributed by atoms with Gasteiger partial charge < -0.3 is 14.7 Å². The first kappa shape index (κ1) is 14.4. The summed E-state index contributed by atoms with van der Waals surface area (Å²) in [6.45, 7) is 4.64. The van der Waals surface area contributed by atoms with Crippen LogP contribution >= 0.6 is 0 Å². The van der Waals surface area contributed by atoms with Crippen molar-refractivity contribution in [1.29, 1.82) is 0 Å². The number of amides is 1. The third-order valence-corrected chi connectivity index (χ3v) is 3.61. The average molecular weight is 277 g/mol. The summed E-state index contributed by atoms with van der Waals surface area (Å²) < 4.78 is 5.33. The predicted molar refractivity (Wildman–Crippen MR) is 73.9 cm³/mol. The van der Waals surface area contributed by atoms with Crippen molar-refractivity contribution >= 4 is 11.9 Å². The Balaban J connectivity index is 2.19. The number of nitrogens with zero attached hydrogens (tertiary/aromatic N) is 1. The number of carboxylic acid groups (broad SMARTS) is 1. The van der Waals surface area contributed by atoms with E-state index in [2.05, 4.69) is 0 Å². The van der Waals surface area contributed by atoms with Crippen molar-refractivity contribution in [3.05, 3.63) is 29.8 Å². The van der Waals surface area contributed by atoms with Gasteiger partial charge in [0.05, 0.1) is 6.61 Å². The summed E-state index contributed by atoms with van der Waals surface area (Å²) in [5.74, 6) is -0.458. The molecule has 1 N–H and O–H groups in total. The van der Waals surface area contributed by atoms with Gasteiger partial charge in [-0.25, -0.2) is 4.79 Å². The fraction of sp³-hybridized carbons (Fsp3) is 0.467. The molecule has 1 fully saturated rings. The molecule has 2 rings (SSSR count). The highest BCUT2D eigenvalue weighted by molar-refractivity contribution is 5.99. The molecule has 5 heteroatoms. The lowest BCUT2D eigenvalue weighted by atomic mass is 10.1. The van der Waals surface area contributed by atoms with Gasteiger partial charge >= 0.3 is 5.97 Å². The molecule has 0 spiro atoms.